The second-order valence-electron chi connectivity index (χ2n) is 5.32. The maximum Gasteiger partial charge on any atom is 0.178 e. The largest absolute Gasteiger partial charge is 0.224 e. The summed E-state index contributed by atoms with van der Waals surface area (Å²) >= 11 is 0. The van der Waals surface area contributed by atoms with Crippen LogP contribution in [0, 0.1) is 0 Å². The monoisotopic (exact) mass is 294 g/mol. The lowest BCUT2D eigenvalue weighted by Crippen LogP contribution is -2.04. The molecule has 0 fully saturated rings. The number of hydrogen-bond acceptors (Lipinski definition) is 2. The van der Waals surface area contributed by atoms with Gasteiger partial charge in [0.15, 0.2) is 9.84 Å². The Labute approximate surface area is 123 Å². The topological polar surface area (TPSA) is 34.1 Å². The molecule has 3 heteroatoms. The van der Waals surface area contributed by atoms with E-state index < -0.39 is 9.84 Å². The van der Waals surface area contributed by atoms with Gasteiger partial charge in [-0.25, -0.2) is 8.42 Å². The maximum atomic E-state index is 12.3. The van der Waals surface area contributed by atoms with E-state index in [-0.39, 0.29) is 5.75 Å². The molecule has 0 aliphatic carbocycles. The van der Waals surface area contributed by atoms with Gasteiger partial charge in [0.1, 0.15) is 0 Å². The Morgan fingerprint density at radius 1 is 0.762 bits per heavy atom. The van der Waals surface area contributed by atoms with Crippen LogP contribution in [0.1, 0.15) is 6.92 Å². The lowest BCUT2D eigenvalue weighted by Gasteiger charge is -2.13. The molecule has 4 rings (SSSR count). The predicted molar refractivity (Wildman–Crippen MR) is 87.9 cm³/mol. The quantitative estimate of drug-likeness (QED) is 0.514. The van der Waals surface area contributed by atoms with Crippen LogP contribution in [0.15, 0.2) is 59.5 Å². The van der Waals surface area contributed by atoms with Crippen molar-refractivity contribution in [3.05, 3.63) is 54.6 Å². The van der Waals surface area contributed by atoms with Gasteiger partial charge in [-0.2, -0.15) is 0 Å². The molecule has 0 saturated carbocycles. The second-order valence-corrected chi connectivity index (χ2v) is 7.57. The minimum absolute atomic E-state index is 0.122. The van der Waals surface area contributed by atoms with Crippen molar-refractivity contribution in [3.63, 3.8) is 0 Å². The molecule has 4 aromatic carbocycles. The van der Waals surface area contributed by atoms with Gasteiger partial charge in [0.25, 0.3) is 0 Å². The molecule has 0 spiro atoms. The van der Waals surface area contributed by atoms with Gasteiger partial charge in [-0.05, 0) is 33.0 Å². The first-order valence-electron chi connectivity index (χ1n) is 7.01. The second kappa shape index (κ2) is 4.18. The van der Waals surface area contributed by atoms with Gasteiger partial charge in [-0.1, -0.05) is 55.5 Å². The van der Waals surface area contributed by atoms with Crippen LogP contribution < -0.4 is 0 Å². The third-order valence-corrected chi connectivity index (χ3v) is 5.99. The standard InChI is InChI=1S/C18H14O2S/c1-2-21(19,20)16-11-9-14-7-6-12-4-3-5-13-8-10-15(16)18(14)17(12)13/h3-11H,2H2,1H3. The summed E-state index contributed by atoms with van der Waals surface area (Å²) in [6.45, 7) is 1.69. The Kier molecular flexibility index (Phi) is 2.51. The molecular weight excluding hydrogens is 280 g/mol. The van der Waals surface area contributed by atoms with E-state index in [2.05, 4.69) is 24.3 Å². The SMILES string of the molecule is CCS(=O)(=O)c1ccc2ccc3cccc4ccc1c2c34. The molecule has 0 radical (unpaired) electrons. The molecule has 104 valence electrons. The molecule has 0 saturated heterocycles. The van der Waals surface area contributed by atoms with E-state index in [1.807, 2.05) is 24.3 Å². The average Bonchev–Trinajstić information content (AvgIpc) is 2.52. The van der Waals surface area contributed by atoms with Crippen LogP contribution >= 0.6 is 0 Å². The van der Waals surface area contributed by atoms with Crippen LogP contribution in [-0.4, -0.2) is 14.2 Å². The van der Waals surface area contributed by atoms with Crippen molar-refractivity contribution in [3.8, 4) is 0 Å². The Bertz CT molecular complexity index is 1060. The zero-order valence-corrected chi connectivity index (χ0v) is 12.4. The van der Waals surface area contributed by atoms with Gasteiger partial charge in [-0.3, -0.25) is 0 Å². The van der Waals surface area contributed by atoms with Gasteiger partial charge in [0.2, 0.25) is 0 Å². The summed E-state index contributed by atoms with van der Waals surface area (Å²) in [4.78, 5) is 0.441. The summed E-state index contributed by atoms with van der Waals surface area (Å²) in [5.41, 5.74) is 0. The van der Waals surface area contributed by atoms with Crippen molar-refractivity contribution in [2.24, 2.45) is 0 Å². The van der Waals surface area contributed by atoms with Crippen LogP contribution in [0.2, 0.25) is 0 Å². The number of hydrogen-bond donors (Lipinski definition) is 0. The number of benzene rings is 4. The number of rotatable bonds is 2. The molecule has 0 aromatic heterocycles. The van der Waals surface area contributed by atoms with E-state index in [0.717, 1.165) is 32.3 Å². The van der Waals surface area contributed by atoms with Crippen molar-refractivity contribution < 1.29 is 8.42 Å². The maximum absolute atomic E-state index is 12.3. The predicted octanol–water partition coefficient (Wildman–Crippen LogP) is 4.38. The Balaban J connectivity index is 2.32. The molecule has 0 amide bonds. The van der Waals surface area contributed by atoms with Crippen LogP contribution in [0.3, 0.4) is 0 Å². The Morgan fingerprint density at radius 2 is 1.33 bits per heavy atom. The minimum Gasteiger partial charge on any atom is -0.224 e. The van der Waals surface area contributed by atoms with Crippen LogP contribution in [-0.2, 0) is 9.84 Å². The molecule has 2 nitrogen and oxygen atoms in total. The normalized spacial score (nSPS) is 12.6. The van der Waals surface area contributed by atoms with Gasteiger partial charge in [-0.15, -0.1) is 0 Å². The highest BCUT2D eigenvalue weighted by atomic mass is 32.2. The van der Waals surface area contributed by atoms with Crippen molar-refractivity contribution in [2.75, 3.05) is 5.75 Å². The molecular formula is C18H14O2S. The highest BCUT2D eigenvalue weighted by Crippen LogP contribution is 2.37. The van der Waals surface area contributed by atoms with Crippen molar-refractivity contribution >= 4 is 42.2 Å². The van der Waals surface area contributed by atoms with Crippen LogP contribution in [0.5, 0.6) is 0 Å². The smallest absolute Gasteiger partial charge is 0.178 e. The zero-order chi connectivity index (χ0) is 14.6. The van der Waals surface area contributed by atoms with E-state index in [4.69, 9.17) is 0 Å². The Hall–Kier alpha value is -2.13. The van der Waals surface area contributed by atoms with Crippen LogP contribution in [0.25, 0.3) is 32.3 Å². The summed E-state index contributed by atoms with van der Waals surface area (Å²) in [5.74, 6) is 0.122. The van der Waals surface area contributed by atoms with Gasteiger partial charge in [0.05, 0.1) is 10.6 Å². The number of sulfone groups is 1. The molecule has 21 heavy (non-hydrogen) atoms. The summed E-state index contributed by atoms with van der Waals surface area (Å²) in [5, 5.41) is 6.43. The third-order valence-electron chi connectivity index (χ3n) is 4.20. The van der Waals surface area contributed by atoms with E-state index in [1.165, 1.54) is 0 Å². The first-order valence-corrected chi connectivity index (χ1v) is 8.66. The van der Waals surface area contributed by atoms with Crippen LogP contribution in [0.4, 0.5) is 0 Å². The van der Waals surface area contributed by atoms with E-state index in [0.29, 0.717) is 4.90 Å². The summed E-state index contributed by atoms with van der Waals surface area (Å²) in [7, 11) is -3.22. The molecule has 0 aliphatic heterocycles. The molecule has 4 aromatic rings. The lowest BCUT2D eigenvalue weighted by molar-refractivity contribution is 0.598. The van der Waals surface area contributed by atoms with Crippen molar-refractivity contribution in [1.82, 2.24) is 0 Å². The fraction of sp³-hybridized carbons (Fsp3) is 0.111. The van der Waals surface area contributed by atoms with E-state index in [1.54, 1.807) is 13.0 Å². The molecule has 0 unspecified atom stereocenters. The molecule has 0 aliphatic rings. The van der Waals surface area contributed by atoms with E-state index >= 15 is 0 Å². The summed E-state index contributed by atoms with van der Waals surface area (Å²) in [6.07, 6.45) is 0. The summed E-state index contributed by atoms with van der Waals surface area (Å²) in [6, 6.07) is 17.9. The fourth-order valence-electron chi connectivity index (χ4n) is 3.14. The van der Waals surface area contributed by atoms with Gasteiger partial charge < -0.3 is 0 Å². The van der Waals surface area contributed by atoms with E-state index in [9.17, 15) is 8.42 Å². The lowest BCUT2D eigenvalue weighted by atomic mass is 9.94. The molecule has 0 heterocycles. The fourth-order valence-corrected chi connectivity index (χ4v) is 4.23. The highest BCUT2D eigenvalue weighted by molar-refractivity contribution is 7.91. The Morgan fingerprint density at radius 3 is 2.00 bits per heavy atom. The summed E-state index contributed by atoms with van der Waals surface area (Å²) < 4.78 is 24.7. The molecule has 0 bridgehead atoms. The van der Waals surface area contributed by atoms with Crippen molar-refractivity contribution in [1.29, 1.82) is 0 Å². The first-order chi connectivity index (χ1) is 10.1. The van der Waals surface area contributed by atoms with Gasteiger partial charge in [0, 0.05) is 5.39 Å². The molecule has 0 atom stereocenters. The molecule has 0 N–H and O–H groups in total. The van der Waals surface area contributed by atoms with Crippen molar-refractivity contribution in [2.45, 2.75) is 11.8 Å². The first kappa shape index (κ1) is 12.6. The zero-order valence-electron chi connectivity index (χ0n) is 11.6. The third kappa shape index (κ3) is 1.67. The average molecular weight is 294 g/mol. The van der Waals surface area contributed by atoms with Gasteiger partial charge >= 0.3 is 0 Å². The highest BCUT2D eigenvalue weighted by Gasteiger charge is 2.18. The minimum atomic E-state index is -3.22.